The minimum atomic E-state index is -0.144. The number of amidine groups is 1. The van der Waals surface area contributed by atoms with Gasteiger partial charge in [0.15, 0.2) is 6.29 Å². The molecular weight excluding hydrogens is 380 g/mol. The van der Waals surface area contributed by atoms with Crippen molar-refractivity contribution in [1.82, 2.24) is 9.97 Å². The van der Waals surface area contributed by atoms with Crippen LogP contribution in [0, 0.1) is 10.8 Å². The van der Waals surface area contributed by atoms with Gasteiger partial charge in [0.05, 0.1) is 11.9 Å². The van der Waals surface area contributed by atoms with Gasteiger partial charge in [0.25, 0.3) is 0 Å². The molecule has 7 nitrogen and oxygen atoms in total. The first-order valence-electron chi connectivity index (χ1n) is 8.99. The number of nitrogens with two attached hydrogens (primary N) is 1. The molecule has 0 radical (unpaired) electrons. The van der Waals surface area contributed by atoms with Crippen LogP contribution in [0.1, 0.15) is 60.7 Å². The molecule has 0 bridgehead atoms. The van der Waals surface area contributed by atoms with Crippen LogP contribution in [-0.4, -0.2) is 49.5 Å². The van der Waals surface area contributed by atoms with E-state index in [4.69, 9.17) is 25.4 Å². The molecule has 0 aromatic carbocycles. The van der Waals surface area contributed by atoms with Crippen LogP contribution in [0.15, 0.2) is 18.5 Å². The van der Waals surface area contributed by atoms with Gasteiger partial charge in [-0.1, -0.05) is 41.5 Å². The molecule has 0 aliphatic rings. The van der Waals surface area contributed by atoms with Crippen LogP contribution in [0.2, 0.25) is 0 Å². The van der Waals surface area contributed by atoms with Gasteiger partial charge in [0, 0.05) is 51.0 Å². The maximum Gasteiger partial charge on any atom is 0.159 e. The van der Waals surface area contributed by atoms with Gasteiger partial charge in [-0.25, -0.2) is 9.97 Å². The third-order valence-corrected chi connectivity index (χ3v) is 3.50. The van der Waals surface area contributed by atoms with Crippen LogP contribution in [0.3, 0.4) is 0 Å². The summed E-state index contributed by atoms with van der Waals surface area (Å²) in [5, 5.41) is 6.92. The molecule has 1 rings (SSSR count). The number of nitrogens with one attached hydrogen (secondary N) is 1. The minimum Gasteiger partial charge on any atom is -0.387 e. The van der Waals surface area contributed by atoms with Crippen LogP contribution in [0.4, 0.5) is 0 Å². The predicted molar refractivity (Wildman–Crippen MR) is 118 cm³/mol. The Kier molecular flexibility index (Phi) is 17.5. The van der Waals surface area contributed by atoms with Crippen LogP contribution < -0.4 is 5.73 Å². The Bertz CT molecular complexity index is 498. The van der Waals surface area contributed by atoms with Gasteiger partial charge in [0.1, 0.15) is 5.82 Å². The summed E-state index contributed by atoms with van der Waals surface area (Å²) in [5.74, 6) is 1.14. The van der Waals surface area contributed by atoms with Crippen LogP contribution in [0.5, 0.6) is 0 Å². The Morgan fingerprint density at radius 2 is 1.39 bits per heavy atom. The van der Waals surface area contributed by atoms with E-state index < -0.39 is 0 Å². The van der Waals surface area contributed by atoms with Crippen LogP contribution >= 0.6 is 12.4 Å². The van der Waals surface area contributed by atoms with Gasteiger partial charge in [-0.05, 0) is 13.0 Å². The van der Waals surface area contributed by atoms with Crippen molar-refractivity contribution in [2.75, 3.05) is 21.3 Å². The van der Waals surface area contributed by atoms with E-state index in [1.54, 1.807) is 33.7 Å². The van der Waals surface area contributed by atoms with E-state index in [-0.39, 0.29) is 41.5 Å². The second-order valence-electron chi connectivity index (χ2n) is 8.17. The Labute approximate surface area is 177 Å². The van der Waals surface area contributed by atoms with Gasteiger partial charge in [-0.2, -0.15) is 0 Å². The normalized spacial score (nSPS) is 12.0. The molecule has 1 aromatic heterocycles. The summed E-state index contributed by atoms with van der Waals surface area (Å²) in [6, 6.07) is 1.83. The second kappa shape index (κ2) is 15.6. The van der Waals surface area contributed by atoms with Crippen LogP contribution in [-0.2, 0) is 19.6 Å². The van der Waals surface area contributed by atoms with E-state index in [1.807, 2.05) is 33.8 Å². The second-order valence-corrected chi connectivity index (χ2v) is 8.17. The van der Waals surface area contributed by atoms with Crippen LogP contribution in [0.25, 0.3) is 0 Å². The van der Waals surface area contributed by atoms with Crippen molar-refractivity contribution in [1.29, 1.82) is 5.41 Å². The van der Waals surface area contributed by atoms with E-state index in [2.05, 4.69) is 30.7 Å². The van der Waals surface area contributed by atoms with E-state index in [0.717, 1.165) is 12.2 Å². The maximum absolute atomic E-state index is 6.92. The first kappa shape index (κ1) is 31.4. The maximum atomic E-state index is 6.92. The summed E-state index contributed by atoms with van der Waals surface area (Å²) in [6.07, 6.45) is 4.35. The zero-order valence-electron chi connectivity index (χ0n) is 19.2. The Hall–Kier alpha value is -1.28. The van der Waals surface area contributed by atoms with Crippen molar-refractivity contribution < 1.29 is 14.2 Å². The quantitative estimate of drug-likeness (QED) is 0.420. The number of aromatic nitrogens is 2. The fraction of sp³-hybridized carbons (Fsp3) is 0.750. The van der Waals surface area contributed by atoms with Crippen molar-refractivity contribution in [2.45, 2.75) is 72.7 Å². The molecule has 0 saturated heterocycles. The number of ether oxygens (including phenoxy) is 3. The number of halogens is 1. The molecule has 1 unspecified atom stereocenters. The zero-order valence-corrected chi connectivity index (χ0v) is 20.0. The lowest BCUT2D eigenvalue weighted by Gasteiger charge is -2.16. The van der Waals surface area contributed by atoms with Crippen molar-refractivity contribution in [3.8, 4) is 0 Å². The van der Waals surface area contributed by atoms with Crippen molar-refractivity contribution in [2.24, 2.45) is 11.1 Å². The summed E-state index contributed by atoms with van der Waals surface area (Å²) in [5.41, 5.74) is 5.08. The number of rotatable bonds is 5. The average Bonchev–Trinajstić information content (AvgIpc) is 2.59. The molecule has 0 spiro atoms. The van der Waals surface area contributed by atoms with Gasteiger partial charge in [-0.3, -0.25) is 5.41 Å². The predicted octanol–water partition coefficient (Wildman–Crippen LogP) is 4.19. The molecule has 0 aliphatic heterocycles. The molecule has 1 heterocycles. The number of methoxy groups -OCH3 is 3. The summed E-state index contributed by atoms with van der Waals surface area (Å²) in [6.45, 7) is 14.0. The topological polar surface area (TPSA) is 103 Å². The zero-order chi connectivity index (χ0) is 21.7. The van der Waals surface area contributed by atoms with Gasteiger partial charge in [0.2, 0.25) is 0 Å². The first-order valence-corrected chi connectivity index (χ1v) is 8.99. The first-order chi connectivity index (χ1) is 12.3. The Morgan fingerprint density at radius 3 is 1.61 bits per heavy atom. The SMILES string of the molecule is CC(C)(C)C(=N)N.CC(C)(C)c1ncccn1.COC(C)CC(OC)OC.Cl. The monoisotopic (exact) mass is 420 g/mol. The number of hydrogen-bond donors (Lipinski definition) is 2. The van der Waals surface area contributed by atoms with Gasteiger partial charge < -0.3 is 19.9 Å². The largest absolute Gasteiger partial charge is 0.387 e. The Balaban J connectivity index is -0.000000335. The third-order valence-electron chi connectivity index (χ3n) is 3.50. The van der Waals surface area contributed by atoms with Crippen molar-refractivity contribution in [3.05, 3.63) is 24.3 Å². The third kappa shape index (κ3) is 16.9. The lowest BCUT2D eigenvalue weighted by molar-refractivity contribution is -0.123. The summed E-state index contributed by atoms with van der Waals surface area (Å²) in [7, 11) is 4.92. The highest BCUT2D eigenvalue weighted by Crippen LogP contribution is 2.15. The molecule has 3 N–H and O–H groups in total. The smallest absolute Gasteiger partial charge is 0.159 e. The van der Waals surface area contributed by atoms with E-state index in [9.17, 15) is 0 Å². The average molecular weight is 421 g/mol. The molecule has 1 atom stereocenters. The van der Waals surface area contributed by atoms with Crippen molar-refractivity contribution >= 4 is 18.2 Å². The Morgan fingerprint density at radius 1 is 1.00 bits per heavy atom. The molecule has 28 heavy (non-hydrogen) atoms. The molecule has 8 heteroatoms. The molecule has 0 fully saturated rings. The highest BCUT2D eigenvalue weighted by atomic mass is 35.5. The standard InChI is InChI=1S/C8H12N2.C7H16O3.C5H12N2.ClH/c1-8(2,3)7-9-5-4-6-10-7;1-6(8-2)5-7(9-3)10-4;1-5(2,3)4(6)7;/h4-6H,1-3H3;6-7H,5H2,1-4H3;1-3H3,(H3,6,7);1H. The molecule has 0 amide bonds. The molecule has 166 valence electrons. The lowest BCUT2D eigenvalue weighted by atomic mass is 9.96. The summed E-state index contributed by atoms with van der Waals surface area (Å²) >= 11 is 0. The fourth-order valence-electron chi connectivity index (χ4n) is 1.34. The highest BCUT2D eigenvalue weighted by Gasteiger charge is 2.15. The highest BCUT2D eigenvalue weighted by molar-refractivity contribution is 5.85. The van der Waals surface area contributed by atoms with E-state index in [0.29, 0.717) is 0 Å². The summed E-state index contributed by atoms with van der Waals surface area (Å²) < 4.78 is 15.0. The molecule has 0 aliphatic carbocycles. The van der Waals surface area contributed by atoms with E-state index >= 15 is 0 Å². The summed E-state index contributed by atoms with van der Waals surface area (Å²) in [4.78, 5) is 8.28. The number of nitrogens with zero attached hydrogens (tertiary/aromatic N) is 2. The van der Waals surface area contributed by atoms with Crippen molar-refractivity contribution in [3.63, 3.8) is 0 Å². The number of hydrogen-bond acceptors (Lipinski definition) is 6. The lowest BCUT2D eigenvalue weighted by Crippen LogP contribution is -2.27. The molecular formula is C20H41ClN4O3. The van der Waals surface area contributed by atoms with Gasteiger partial charge >= 0.3 is 0 Å². The minimum absolute atomic E-state index is 0. The fourth-order valence-corrected chi connectivity index (χ4v) is 1.34. The van der Waals surface area contributed by atoms with E-state index in [1.165, 1.54) is 0 Å². The molecule has 0 saturated carbocycles. The van der Waals surface area contributed by atoms with Gasteiger partial charge in [-0.15, -0.1) is 12.4 Å². The molecule has 1 aromatic rings.